The second kappa shape index (κ2) is 3.41. The molecule has 0 saturated heterocycles. The molecule has 0 atom stereocenters. The number of rotatable bonds is 2. The second-order valence-electron chi connectivity index (χ2n) is 3.03. The Hall–Kier alpha value is -1.97. The van der Waals surface area contributed by atoms with Crippen molar-refractivity contribution in [2.45, 2.75) is 6.42 Å². The van der Waals surface area contributed by atoms with Gasteiger partial charge in [-0.1, -0.05) is 30.3 Å². The van der Waals surface area contributed by atoms with Gasteiger partial charge in [0.2, 0.25) is 0 Å². The van der Waals surface area contributed by atoms with Crippen LogP contribution >= 0.6 is 0 Å². The van der Waals surface area contributed by atoms with Crippen molar-refractivity contribution in [3.8, 4) is 0 Å². The van der Waals surface area contributed by atoms with E-state index in [1.807, 2.05) is 30.3 Å². The fraction of sp³-hybridized carbons (Fsp3) is 0.100. The smallest absolute Gasteiger partial charge is 0.295 e. The third-order valence-corrected chi connectivity index (χ3v) is 2.04. The Morgan fingerprint density at radius 1 is 1.14 bits per heavy atom. The number of nitrogens with two attached hydrogens (primary N) is 1. The van der Waals surface area contributed by atoms with Gasteiger partial charge < -0.3 is 5.73 Å². The zero-order chi connectivity index (χ0) is 9.97. The minimum atomic E-state index is -0.327. The Bertz CT molecular complexity index is 420. The van der Waals surface area contributed by atoms with E-state index in [9.17, 15) is 4.79 Å². The minimum Gasteiger partial charge on any atom is -0.382 e. The van der Waals surface area contributed by atoms with Gasteiger partial charge in [0.15, 0.2) is 5.82 Å². The molecule has 0 aliphatic carbocycles. The van der Waals surface area contributed by atoms with Crippen LogP contribution in [0.25, 0.3) is 0 Å². The first kappa shape index (κ1) is 8.62. The monoisotopic (exact) mass is 187 g/mol. The SMILES string of the molecule is NC1=C(Cc2ccccc2)C(=O)N=N1. The molecule has 0 saturated carbocycles. The molecule has 1 amide bonds. The van der Waals surface area contributed by atoms with E-state index in [0.29, 0.717) is 12.0 Å². The standard InChI is InChI=1S/C10H9N3O/c11-9-8(10(14)13-12-9)6-7-4-2-1-3-5-7/h1-5H,6,11H2. The first-order valence-electron chi connectivity index (χ1n) is 4.26. The normalized spacial score (nSPS) is 15.3. The number of benzene rings is 1. The lowest BCUT2D eigenvalue weighted by molar-refractivity contribution is -0.114. The van der Waals surface area contributed by atoms with Gasteiger partial charge in [0.25, 0.3) is 5.91 Å². The minimum absolute atomic E-state index is 0.235. The number of hydrogen-bond acceptors (Lipinski definition) is 3. The highest BCUT2D eigenvalue weighted by Crippen LogP contribution is 2.17. The Balaban J connectivity index is 2.21. The number of carbonyl (C=O) groups excluding carboxylic acids is 1. The summed E-state index contributed by atoms with van der Waals surface area (Å²) < 4.78 is 0. The van der Waals surface area contributed by atoms with Gasteiger partial charge >= 0.3 is 0 Å². The molecule has 0 radical (unpaired) electrons. The van der Waals surface area contributed by atoms with E-state index >= 15 is 0 Å². The quantitative estimate of drug-likeness (QED) is 0.760. The molecule has 1 aromatic carbocycles. The van der Waals surface area contributed by atoms with Crippen molar-refractivity contribution in [3.63, 3.8) is 0 Å². The van der Waals surface area contributed by atoms with E-state index in [0.717, 1.165) is 5.56 Å². The Morgan fingerprint density at radius 3 is 2.43 bits per heavy atom. The summed E-state index contributed by atoms with van der Waals surface area (Å²) in [5.41, 5.74) is 7.03. The highest BCUT2D eigenvalue weighted by Gasteiger charge is 2.19. The van der Waals surface area contributed by atoms with E-state index in [1.165, 1.54) is 0 Å². The molecular formula is C10H9N3O. The highest BCUT2D eigenvalue weighted by molar-refractivity contribution is 5.96. The number of carbonyl (C=O) groups is 1. The molecule has 1 heterocycles. The molecule has 0 aromatic heterocycles. The van der Waals surface area contributed by atoms with Crippen LogP contribution in [-0.4, -0.2) is 5.91 Å². The highest BCUT2D eigenvalue weighted by atomic mass is 16.2. The summed E-state index contributed by atoms with van der Waals surface area (Å²) in [5.74, 6) is -0.0924. The summed E-state index contributed by atoms with van der Waals surface area (Å²) in [5, 5.41) is 6.91. The van der Waals surface area contributed by atoms with Crippen LogP contribution in [0.2, 0.25) is 0 Å². The predicted molar refractivity (Wildman–Crippen MR) is 51.2 cm³/mol. The molecule has 4 nitrogen and oxygen atoms in total. The van der Waals surface area contributed by atoms with Gasteiger partial charge in [-0.3, -0.25) is 4.79 Å². The summed E-state index contributed by atoms with van der Waals surface area (Å²) in [7, 11) is 0. The van der Waals surface area contributed by atoms with Crippen LogP contribution in [0.1, 0.15) is 5.56 Å². The molecule has 0 bridgehead atoms. The summed E-state index contributed by atoms with van der Waals surface area (Å²) in [6.07, 6.45) is 0.499. The number of azo groups is 1. The van der Waals surface area contributed by atoms with Crippen molar-refractivity contribution >= 4 is 5.91 Å². The van der Waals surface area contributed by atoms with Gasteiger partial charge in [-0.15, -0.1) is 10.2 Å². The van der Waals surface area contributed by atoms with Crippen LogP contribution in [-0.2, 0) is 11.2 Å². The average molecular weight is 187 g/mol. The van der Waals surface area contributed by atoms with Crippen LogP contribution in [0.4, 0.5) is 0 Å². The van der Waals surface area contributed by atoms with Crippen molar-refractivity contribution in [1.29, 1.82) is 0 Å². The van der Waals surface area contributed by atoms with Gasteiger partial charge in [0, 0.05) is 6.42 Å². The molecule has 1 aromatic rings. The lowest BCUT2D eigenvalue weighted by Gasteiger charge is -1.99. The molecule has 0 fully saturated rings. The van der Waals surface area contributed by atoms with E-state index in [1.54, 1.807) is 0 Å². The van der Waals surface area contributed by atoms with Crippen LogP contribution < -0.4 is 5.73 Å². The molecule has 2 N–H and O–H groups in total. The maximum atomic E-state index is 11.2. The van der Waals surface area contributed by atoms with Crippen LogP contribution in [0, 0.1) is 0 Å². The van der Waals surface area contributed by atoms with Crippen molar-refractivity contribution in [1.82, 2.24) is 0 Å². The van der Waals surface area contributed by atoms with Crippen molar-refractivity contribution < 1.29 is 4.79 Å². The molecule has 0 unspecified atom stereocenters. The summed E-state index contributed by atoms with van der Waals surface area (Å²) >= 11 is 0. The molecule has 70 valence electrons. The lowest BCUT2D eigenvalue weighted by atomic mass is 10.1. The zero-order valence-corrected chi connectivity index (χ0v) is 7.47. The van der Waals surface area contributed by atoms with Crippen molar-refractivity contribution in [2.75, 3.05) is 0 Å². The van der Waals surface area contributed by atoms with Gasteiger partial charge in [-0.05, 0) is 5.56 Å². The third-order valence-electron chi connectivity index (χ3n) is 2.04. The van der Waals surface area contributed by atoms with E-state index in [-0.39, 0.29) is 11.7 Å². The first-order chi connectivity index (χ1) is 6.77. The molecular weight excluding hydrogens is 178 g/mol. The molecule has 1 aliphatic heterocycles. The number of nitrogens with zero attached hydrogens (tertiary/aromatic N) is 2. The topological polar surface area (TPSA) is 67.8 Å². The van der Waals surface area contributed by atoms with Gasteiger partial charge in [-0.25, -0.2) is 0 Å². The molecule has 4 heteroatoms. The van der Waals surface area contributed by atoms with Crippen molar-refractivity contribution in [3.05, 3.63) is 47.3 Å². The summed E-state index contributed by atoms with van der Waals surface area (Å²) in [6.45, 7) is 0. The number of hydrogen-bond donors (Lipinski definition) is 1. The van der Waals surface area contributed by atoms with Crippen LogP contribution in [0.3, 0.4) is 0 Å². The maximum Gasteiger partial charge on any atom is 0.295 e. The molecule has 0 spiro atoms. The van der Waals surface area contributed by atoms with E-state index < -0.39 is 0 Å². The fourth-order valence-corrected chi connectivity index (χ4v) is 1.30. The van der Waals surface area contributed by atoms with E-state index in [2.05, 4.69) is 10.2 Å². The van der Waals surface area contributed by atoms with E-state index in [4.69, 9.17) is 5.73 Å². The lowest BCUT2D eigenvalue weighted by Crippen LogP contribution is -2.04. The predicted octanol–water partition coefficient (Wildman–Crippen LogP) is 1.39. The van der Waals surface area contributed by atoms with Crippen LogP contribution in [0.5, 0.6) is 0 Å². The summed E-state index contributed by atoms with van der Waals surface area (Å²) in [4.78, 5) is 11.2. The van der Waals surface area contributed by atoms with Gasteiger partial charge in [0.1, 0.15) is 0 Å². The Morgan fingerprint density at radius 2 is 1.86 bits per heavy atom. The third kappa shape index (κ3) is 1.54. The van der Waals surface area contributed by atoms with Gasteiger partial charge in [-0.2, -0.15) is 0 Å². The van der Waals surface area contributed by atoms with Crippen molar-refractivity contribution in [2.24, 2.45) is 16.0 Å². The van der Waals surface area contributed by atoms with Crippen LogP contribution in [0.15, 0.2) is 52.0 Å². The first-order valence-corrected chi connectivity index (χ1v) is 4.26. The zero-order valence-electron chi connectivity index (χ0n) is 7.47. The molecule has 1 aliphatic rings. The van der Waals surface area contributed by atoms with Gasteiger partial charge in [0.05, 0.1) is 5.57 Å². The maximum absolute atomic E-state index is 11.2. The fourth-order valence-electron chi connectivity index (χ4n) is 1.30. The Kier molecular flexibility index (Phi) is 2.10. The molecule has 14 heavy (non-hydrogen) atoms. The summed E-state index contributed by atoms with van der Waals surface area (Å²) in [6, 6.07) is 9.63. The molecule has 2 rings (SSSR count). The average Bonchev–Trinajstić information content (AvgIpc) is 2.51. The second-order valence-corrected chi connectivity index (χ2v) is 3.03. The Labute approximate surface area is 81.1 Å². The number of amides is 1. The largest absolute Gasteiger partial charge is 0.382 e.